The minimum Gasteiger partial charge on any atom is -0.371 e. The third kappa shape index (κ3) is 3.43. The molecule has 0 bridgehead atoms. The van der Waals surface area contributed by atoms with E-state index in [1.807, 2.05) is 18.2 Å². The van der Waals surface area contributed by atoms with Crippen LogP contribution in [0.1, 0.15) is 17.5 Å². The third-order valence-corrected chi connectivity index (χ3v) is 4.21. The molecule has 1 nitrogen and oxygen atoms in total. The van der Waals surface area contributed by atoms with Crippen molar-refractivity contribution in [2.45, 2.75) is 19.0 Å². The van der Waals surface area contributed by atoms with Gasteiger partial charge in [0.15, 0.2) is 0 Å². The van der Waals surface area contributed by atoms with Crippen molar-refractivity contribution in [3.63, 3.8) is 0 Å². The normalized spacial score (nSPS) is 18.7. The van der Waals surface area contributed by atoms with Crippen LogP contribution in [0.2, 0.25) is 0 Å². The Morgan fingerprint density at radius 1 is 0.955 bits per heavy atom. The first-order valence-corrected chi connectivity index (χ1v) is 7.48. The summed E-state index contributed by atoms with van der Waals surface area (Å²) in [5, 5.41) is 0. The maximum absolute atomic E-state index is 12.6. The van der Waals surface area contributed by atoms with Gasteiger partial charge in [-0.15, -0.1) is 0 Å². The molecule has 0 amide bonds. The number of alkyl halides is 3. The van der Waals surface area contributed by atoms with Gasteiger partial charge in [-0.1, -0.05) is 30.3 Å². The molecule has 0 radical (unpaired) electrons. The van der Waals surface area contributed by atoms with Crippen LogP contribution in [0.3, 0.4) is 0 Å². The van der Waals surface area contributed by atoms with E-state index in [9.17, 15) is 13.2 Å². The van der Waals surface area contributed by atoms with Gasteiger partial charge in [-0.3, -0.25) is 0 Å². The monoisotopic (exact) mass is 305 g/mol. The van der Waals surface area contributed by atoms with Crippen LogP contribution in [-0.4, -0.2) is 13.1 Å². The van der Waals surface area contributed by atoms with Crippen molar-refractivity contribution >= 4 is 5.69 Å². The summed E-state index contributed by atoms with van der Waals surface area (Å²) in [5.41, 5.74) is 1.62. The Bertz CT molecular complexity index is 604. The highest BCUT2D eigenvalue weighted by atomic mass is 19.4. The van der Waals surface area contributed by atoms with Gasteiger partial charge in [-0.25, -0.2) is 0 Å². The molecular weight excluding hydrogens is 287 g/mol. The fraction of sp³-hybridized carbons (Fsp3) is 0.333. The molecule has 2 aromatic rings. The van der Waals surface area contributed by atoms with Crippen LogP contribution in [-0.2, 0) is 12.6 Å². The lowest BCUT2D eigenvalue weighted by Crippen LogP contribution is -2.20. The summed E-state index contributed by atoms with van der Waals surface area (Å²) in [4.78, 5) is 2.34. The van der Waals surface area contributed by atoms with Gasteiger partial charge in [-0.05, 0) is 48.6 Å². The summed E-state index contributed by atoms with van der Waals surface area (Å²) in [6.45, 7) is 1.97. The number of benzene rings is 2. The molecule has 116 valence electrons. The van der Waals surface area contributed by atoms with Crippen molar-refractivity contribution < 1.29 is 13.2 Å². The molecule has 0 aliphatic carbocycles. The second kappa shape index (κ2) is 6.03. The maximum atomic E-state index is 12.6. The molecule has 0 N–H and O–H groups in total. The zero-order valence-electron chi connectivity index (χ0n) is 12.2. The fourth-order valence-corrected chi connectivity index (χ4v) is 3.04. The molecule has 1 aliphatic rings. The van der Waals surface area contributed by atoms with Crippen LogP contribution in [0.4, 0.5) is 18.9 Å². The first kappa shape index (κ1) is 14.9. The van der Waals surface area contributed by atoms with Crippen LogP contribution in [0.25, 0.3) is 0 Å². The van der Waals surface area contributed by atoms with Crippen molar-refractivity contribution in [1.82, 2.24) is 0 Å². The van der Waals surface area contributed by atoms with E-state index in [2.05, 4.69) is 17.0 Å². The maximum Gasteiger partial charge on any atom is 0.416 e. The Labute approximate surface area is 128 Å². The molecule has 2 aromatic carbocycles. The van der Waals surface area contributed by atoms with Gasteiger partial charge >= 0.3 is 6.18 Å². The van der Waals surface area contributed by atoms with Crippen molar-refractivity contribution in [2.24, 2.45) is 5.92 Å². The molecule has 22 heavy (non-hydrogen) atoms. The molecule has 0 spiro atoms. The highest BCUT2D eigenvalue weighted by molar-refractivity contribution is 5.47. The minimum absolute atomic E-state index is 0.497. The Kier molecular flexibility index (Phi) is 4.10. The standard InChI is InChI=1S/C18H18F3N/c19-18(20,21)16-8-6-14(7-9-16)12-15-10-11-22(13-15)17-4-2-1-3-5-17/h1-9,15H,10-13H2. The lowest BCUT2D eigenvalue weighted by molar-refractivity contribution is -0.137. The molecule has 0 aromatic heterocycles. The van der Waals surface area contributed by atoms with E-state index >= 15 is 0 Å². The second-order valence-corrected chi connectivity index (χ2v) is 5.84. The van der Waals surface area contributed by atoms with E-state index in [-0.39, 0.29) is 0 Å². The van der Waals surface area contributed by atoms with Crippen LogP contribution in [0.5, 0.6) is 0 Å². The third-order valence-electron chi connectivity index (χ3n) is 4.21. The molecule has 1 unspecified atom stereocenters. The number of halogens is 3. The number of rotatable bonds is 3. The molecule has 1 fully saturated rings. The molecule has 1 saturated heterocycles. The number of hydrogen-bond acceptors (Lipinski definition) is 1. The van der Waals surface area contributed by atoms with Gasteiger partial charge in [0.25, 0.3) is 0 Å². The van der Waals surface area contributed by atoms with E-state index in [4.69, 9.17) is 0 Å². The highest BCUT2D eigenvalue weighted by Crippen LogP contribution is 2.30. The average molecular weight is 305 g/mol. The highest BCUT2D eigenvalue weighted by Gasteiger charge is 2.30. The largest absolute Gasteiger partial charge is 0.416 e. The SMILES string of the molecule is FC(F)(F)c1ccc(CC2CCN(c3ccccc3)C2)cc1. The van der Waals surface area contributed by atoms with Crippen molar-refractivity contribution in [1.29, 1.82) is 0 Å². The first-order chi connectivity index (χ1) is 10.5. The average Bonchev–Trinajstić information content (AvgIpc) is 2.96. The van der Waals surface area contributed by atoms with Crippen LogP contribution in [0.15, 0.2) is 54.6 Å². The quantitative estimate of drug-likeness (QED) is 0.789. The van der Waals surface area contributed by atoms with Gasteiger partial charge in [-0.2, -0.15) is 13.2 Å². The molecule has 1 aliphatic heterocycles. The van der Waals surface area contributed by atoms with Gasteiger partial charge in [0, 0.05) is 18.8 Å². The van der Waals surface area contributed by atoms with E-state index in [1.165, 1.54) is 17.8 Å². The predicted molar refractivity (Wildman–Crippen MR) is 81.9 cm³/mol. The molecule has 4 heteroatoms. The molecule has 1 atom stereocenters. The van der Waals surface area contributed by atoms with E-state index in [0.29, 0.717) is 5.92 Å². The summed E-state index contributed by atoms with van der Waals surface area (Å²) in [7, 11) is 0. The lowest BCUT2D eigenvalue weighted by Gasteiger charge is -2.18. The van der Waals surface area contributed by atoms with Crippen molar-refractivity contribution in [2.75, 3.05) is 18.0 Å². The Hall–Kier alpha value is -1.97. The Morgan fingerprint density at radius 3 is 2.27 bits per heavy atom. The summed E-state index contributed by atoms with van der Waals surface area (Å²) < 4.78 is 37.7. The molecule has 3 rings (SSSR count). The summed E-state index contributed by atoms with van der Waals surface area (Å²) in [5.74, 6) is 0.497. The molecule has 1 heterocycles. The second-order valence-electron chi connectivity index (χ2n) is 5.84. The number of nitrogens with zero attached hydrogens (tertiary/aromatic N) is 1. The summed E-state index contributed by atoms with van der Waals surface area (Å²) >= 11 is 0. The van der Waals surface area contributed by atoms with Crippen LogP contribution < -0.4 is 4.90 Å². The van der Waals surface area contributed by atoms with Gasteiger partial charge in [0.2, 0.25) is 0 Å². The predicted octanol–water partition coefficient (Wildman–Crippen LogP) is 4.77. The number of para-hydroxylation sites is 1. The van der Waals surface area contributed by atoms with Crippen molar-refractivity contribution in [3.8, 4) is 0 Å². The first-order valence-electron chi connectivity index (χ1n) is 7.48. The summed E-state index contributed by atoms with van der Waals surface area (Å²) in [6.07, 6.45) is -2.34. The van der Waals surface area contributed by atoms with Crippen molar-refractivity contribution in [3.05, 3.63) is 65.7 Å². The lowest BCUT2D eigenvalue weighted by atomic mass is 9.98. The van der Waals surface area contributed by atoms with Gasteiger partial charge in [0.1, 0.15) is 0 Å². The van der Waals surface area contributed by atoms with E-state index in [1.54, 1.807) is 12.1 Å². The van der Waals surface area contributed by atoms with Gasteiger partial charge in [0.05, 0.1) is 5.56 Å². The van der Waals surface area contributed by atoms with Crippen LogP contribution in [0, 0.1) is 5.92 Å². The zero-order chi connectivity index (χ0) is 15.6. The molecular formula is C18H18F3N. The molecule has 0 saturated carbocycles. The van der Waals surface area contributed by atoms with E-state index in [0.717, 1.165) is 31.5 Å². The number of anilines is 1. The Morgan fingerprint density at radius 2 is 1.64 bits per heavy atom. The Balaban J connectivity index is 1.61. The zero-order valence-corrected chi connectivity index (χ0v) is 12.2. The fourth-order valence-electron chi connectivity index (χ4n) is 3.04. The van der Waals surface area contributed by atoms with E-state index < -0.39 is 11.7 Å². The topological polar surface area (TPSA) is 3.24 Å². The minimum atomic E-state index is -4.25. The summed E-state index contributed by atoms with van der Waals surface area (Å²) in [6, 6.07) is 15.8. The smallest absolute Gasteiger partial charge is 0.371 e. The van der Waals surface area contributed by atoms with Crippen LogP contribution >= 0.6 is 0 Å². The number of hydrogen-bond donors (Lipinski definition) is 0. The van der Waals surface area contributed by atoms with Gasteiger partial charge < -0.3 is 4.90 Å².